The van der Waals surface area contributed by atoms with E-state index in [-0.39, 0.29) is 10.2 Å². The second kappa shape index (κ2) is 10.1. The number of nitriles is 1. The predicted octanol–water partition coefficient (Wildman–Crippen LogP) is 7.55. The van der Waals surface area contributed by atoms with Gasteiger partial charge < -0.3 is 4.90 Å². The highest BCUT2D eigenvalue weighted by Gasteiger charge is 2.48. The maximum Gasteiger partial charge on any atom is 0.183 e. The molecule has 1 fully saturated rings. The SMILES string of the molecule is Cc1nc(N2CCC3(CC2)Cc2ccccc2[C@H]3NSC(C)(C)C)c(C#N)nc1-c1cccc(Cl)c1Cl. The summed E-state index contributed by atoms with van der Waals surface area (Å²) in [4.78, 5) is 11.8. The lowest BCUT2D eigenvalue weighted by Gasteiger charge is -2.44. The van der Waals surface area contributed by atoms with Crippen molar-refractivity contribution in [3.05, 3.63) is 75.0 Å². The molecule has 1 aliphatic heterocycles. The Hall–Kier alpha value is -2.30. The van der Waals surface area contributed by atoms with Crippen LogP contribution in [0.25, 0.3) is 11.3 Å². The maximum absolute atomic E-state index is 10.00. The Morgan fingerprint density at radius 1 is 1.08 bits per heavy atom. The van der Waals surface area contributed by atoms with Crippen LogP contribution in [0.15, 0.2) is 42.5 Å². The van der Waals surface area contributed by atoms with Gasteiger partial charge in [-0.05, 0) is 69.6 Å². The summed E-state index contributed by atoms with van der Waals surface area (Å²) < 4.78 is 3.98. The molecule has 3 aromatic rings. The molecule has 0 radical (unpaired) electrons. The van der Waals surface area contributed by atoms with Gasteiger partial charge in [0.1, 0.15) is 6.07 Å². The molecule has 192 valence electrons. The molecular weight excluding hydrogens is 521 g/mol. The Bertz CT molecular complexity index is 1370. The zero-order valence-corrected chi connectivity index (χ0v) is 23.9. The van der Waals surface area contributed by atoms with Crippen molar-refractivity contribution in [2.75, 3.05) is 18.0 Å². The average molecular weight is 553 g/mol. The summed E-state index contributed by atoms with van der Waals surface area (Å²) in [6.45, 7) is 10.3. The fourth-order valence-electron chi connectivity index (χ4n) is 5.59. The van der Waals surface area contributed by atoms with Crippen molar-refractivity contribution in [2.45, 2.75) is 57.7 Å². The molecule has 2 heterocycles. The number of hydrogen-bond acceptors (Lipinski definition) is 6. The monoisotopic (exact) mass is 551 g/mol. The van der Waals surface area contributed by atoms with Gasteiger partial charge in [-0.15, -0.1) is 0 Å². The van der Waals surface area contributed by atoms with Crippen LogP contribution in [0.5, 0.6) is 0 Å². The number of piperidine rings is 1. The molecule has 0 unspecified atom stereocenters. The van der Waals surface area contributed by atoms with Gasteiger partial charge >= 0.3 is 0 Å². The number of hydrogen-bond donors (Lipinski definition) is 1. The van der Waals surface area contributed by atoms with Crippen LogP contribution in [0.4, 0.5) is 5.82 Å². The number of rotatable bonds is 4. The second-order valence-corrected chi connectivity index (χ2v) is 13.5. The Morgan fingerprint density at radius 3 is 2.51 bits per heavy atom. The van der Waals surface area contributed by atoms with Crippen LogP contribution < -0.4 is 9.62 Å². The van der Waals surface area contributed by atoms with Crippen molar-refractivity contribution in [3.63, 3.8) is 0 Å². The van der Waals surface area contributed by atoms with Crippen molar-refractivity contribution in [2.24, 2.45) is 5.41 Å². The van der Waals surface area contributed by atoms with Crippen molar-refractivity contribution < 1.29 is 0 Å². The first-order chi connectivity index (χ1) is 17.6. The Kier molecular flexibility index (Phi) is 7.19. The van der Waals surface area contributed by atoms with E-state index in [2.05, 4.69) is 60.7 Å². The highest BCUT2D eigenvalue weighted by molar-refractivity contribution is 7.98. The quantitative estimate of drug-likeness (QED) is 0.337. The van der Waals surface area contributed by atoms with Crippen LogP contribution in [0.2, 0.25) is 10.0 Å². The van der Waals surface area contributed by atoms with Crippen LogP contribution >= 0.6 is 35.1 Å². The minimum atomic E-state index is 0.127. The molecule has 0 amide bonds. The van der Waals surface area contributed by atoms with E-state index in [0.717, 1.165) is 38.0 Å². The summed E-state index contributed by atoms with van der Waals surface area (Å²) in [7, 11) is 0. The van der Waals surface area contributed by atoms with E-state index in [4.69, 9.17) is 33.2 Å². The molecule has 0 saturated carbocycles. The molecule has 1 aromatic heterocycles. The molecule has 2 aromatic carbocycles. The summed E-state index contributed by atoms with van der Waals surface area (Å²) in [5.74, 6) is 0.654. The molecule has 1 aliphatic carbocycles. The number of halogens is 2. The number of aromatic nitrogens is 2. The van der Waals surface area contributed by atoms with Gasteiger partial charge in [-0.1, -0.05) is 71.5 Å². The highest BCUT2D eigenvalue weighted by atomic mass is 35.5. The van der Waals surface area contributed by atoms with Crippen LogP contribution in [0.1, 0.15) is 62.2 Å². The summed E-state index contributed by atoms with van der Waals surface area (Å²) in [6, 6.07) is 16.8. The summed E-state index contributed by atoms with van der Waals surface area (Å²) in [6.07, 6.45) is 3.09. The third kappa shape index (κ3) is 5.07. The fourth-order valence-corrected chi connectivity index (χ4v) is 6.82. The van der Waals surface area contributed by atoms with Crippen molar-refractivity contribution in [3.8, 4) is 17.3 Å². The summed E-state index contributed by atoms with van der Waals surface area (Å²) >= 11 is 14.5. The lowest BCUT2D eigenvalue weighted by Crippen LogP contribution is -2.45. The molecule has 5 nitrogen and oxygen atoms in total. The van der Waals surface area contributed by atoms with Crippen LogP contribution in [-0.4, -0.2) is 27.8 Å². The van der Waals surface area contributed by atoms with Gasteiger partial charge in [0.15, 0.2) is 11.5 Å². The lowest BCUT2D eigenvalue weighted by molar-refractivity contribution is 0.178. The number of nitrogens with one attached hydrogen (secondary N) is 1. The number of fused-ring (bicyclic) bond motifs is 1. The van der Waals surface area contributed by atoms with E-state index in [9.17, 15) is 5.26 Å². The lowest BCUT2D eigenvalue weighted by atomic mass is 9.73. The first-order valence-electron chi connectivity index (χ1n) is 12.6. The molecular formula is C29H31Cl2N5S. The smallest absolute Gasteiger partial charge is 0.183 e. The van der Waals surface area contributed by atoms with Gasteiger partial charge in [0, 0.05) is 29.4 Å². The van der Waals surface area contributed by atoms with Crippen LogP contribution in [0, 0.1) is 23.7 Å². The van der Waals surface area contributed by atoms with Gasteiger partial charge in [-0.2, -0.15) is 5.26 Å². The van der Waals surface area contributed by atoms with Gasteiger partial charge in [-0.25, -0.2) is 9.97 Å². The van der Waals surface area contributed by atoms with E-state index < -0.39 is 0 Å². The topological polar surface area (TPSA) is 64.8 Å². The zero-order valence-electron chi connectivity index (χ0n) is 21.6. The number of nitrogens with zero attached hydrogens (tertiary/aromatic N) is 4. The average Bonchev–Trinajstić information content (AvgIpc) is 3.17. The molecule has 1 saturated heterocycles. The van der Waals surface area contributed by atoms with Gasteiger partial charge in [0.2, 0.25) is 0 Å². The number of benzene rings is 2. The molecule has 37 heavy (non-hydrogen) atoms. The minimum absolute atomic E-state index is 0.127. The Morgan fingerprint density at radius 2 is 1.81 bits per heavy atom. The standard InChI is InChI=1S/C29H31Cl2N5S/c1-18-25(21-10-7-11-22(30)24(21)31)34-23(17-32)27(33-18)36-14-12-29(13-15-36)16-19-8-5-6-9-20(19)26(29)35-37-28(2,3)4/h5-11,26,35H,12-16H2,1-4H3/t26-/m1/s1. The van der Waals surface area contributed by atoms with Crippen molar-refractivity contribution >= 4 is 41.0 Å². The largest absolute Gasteiger partial charge is 0.354 e. The van der Waals surface area contributed by atoms with Crippen LogP contribution in [0.3, 0.4) is 0 Å². The third-order valence-electron chi connectivity index (χ3n) is 7.43. The summed E-state index contributed by atoms with van der Waals surface area (Å²) in [5, 5.41) is 10.9. The minimum Gasteiger partial charge on any atom is -0.354 e. The fraction of sp³-hybridized carbons (Fsp3) is 0.414. The molecule has 1 N–H and O–H groups in total. The first kappa shape index (κ1) is 26.3. The summed E-state index contributed by atoms with van der Waals surface area (Å²) in [5.41, 5.74) is 5.34. The number of anilines is 1. The van der Waals surface area contributed by atoms with E-state index in [1.807, 2.05) is 31.0 Å². The Labute approximate surface area is 233 Å². The zero-order chi connectivity index (χ0) is 26.4. The van der Waals surface area contributed by atoms with E-state index in [1.54, 1.807) is 6.07 Å². The van der Waals surface area contributed by atoms with Gasteiger partial charge in [-0.3, -0.25) is 4.72 Å². The van der Waals surface area contributed by atoms with Gasteiger partial charge in [0.25, 0.3) is 0 Å². The van der Waals surface area contributed by atoms with Crippen molar-refractivity contribution in [1.82, 2.24) is 14.7 Å². The molecule has 1 atom stereocenters. The van der Waals surface area contributed by atoms with E-state index >= 15 is 0 Å². The molecule has 1 spiro atoms. The highest BCUT2D eigenvalue weighted by Crippen LogP contribution is 2.53. The van der Waals surface area contributed by atoms with Gasteiger partial charge in [0.05, 0.1) is 21.4 Å². The molecule has 8 heteroatoms. The second-order valence-electron chi connectivity index (χ2n) is 11.0. The van der Waals surface area contributed by atoms with E-state index in [0.29, 0.717) is 38.9 Å². The first-order valence-corrected chi connectivity index (χ1v) is 14.2. The maximum atomic E-state index is 10.00. The van der Waals surface area contributed by atoms with Crippen molar-refractivity contribution in [1.29, 1.82) is 5.26 Å². The predicted molar refractivity (Wildman–Crippen MR) is 154 cm³/mol. The van der Waals surface area contributed by atoms with Crippen LogP contribution in [-0.2, 0) is 6.42 Å². The normalized spacial score (nSPS) is 18.6. The third-order valence-corrected chi connectivity index (χ3v) is 9.21. The molecule has 0 bridgehead atoms. The number of aryl methyl sites for hydroxylation is 1. The molecule has 2 aliphatic rings. The van der Waals surface area contributed by atoms with E-state index in [1.165, 1.54) is 11.1 Å². The Balaban J connectivity index is 1.41. The molecule has 5 rings (SSSR count).